The number of hydrogen-bond acceptors (Lipinski definition) is 7. The number of nitrogens with zero attached hydrogens (tertiary/aromatic N) is 2. The Morgan fingerprint density at radius 1 is 1.16 bits per heavy atom. The highest BCUT2D eigenvalue weighted by atomic mass is 35.5. The Hall–Kier alpha value is -2.88. The van der Waals surface area contributed by atoms with Crippen molar-refractivity contribution in [2.45, 2.75) is 0 Å². The molecule has 8 nitrogen and oxygen atoms in total. The fourth-order valence-corrected chi connectivity index (χ4v) is 2.56. The van der Waals surface area contributed by atoms with Gasteiger partial charge in [-0.05, 0) is 36.4 Å². The minimum Gasteiger partial charge on any atom is -0.461 e. The molecule has 0 atom stereocenters. The van der Waals surface area contributed by atoms with E-state index in [1.54, 1.807) is 24.3 Å². The molecule has 0 aliphatic carbocycles. The van der Waals surface area contributed by atoms with E-state index >= 15 is 0 Å². The zero-order valence-electron chi connectivity index (χ0n) is 12.4. The van der Waals surface area contributed by atoms with Gasteiger partial charge in [-0.2, -0.15) is 4.98 Å². The van der Waals surface area contributed by atoms with E-state index < -0.39 is 12.7 Å². The van der Waals surface area contributed by atoms with E-state index in [0.717, 1.165) is 0 Å². The Morgan fingerprint density at radius 3 is 2.76 bits per heavy atom. The summed E-state index contributed by atoms with van der Waals surface area (Å²) in [5.74, 6) is 0.256. The average molecular weight is 358 g/mol. The monoisotopic (exact) mass is 357 g/mol. The van der Waals surface area contributed by atoms with Crippen LogP contribution in [0.5, 0.6) is 0 Å². The summed E-state index contributed by atoms with van der Waals surface area (Å²) in [6, 6.07) is 9.52. The Labute approximate surface area is 144 Å². The number of nitrogens with one attached hydrogen (secondary N) is 1. The van der Waals surface area contributed by atoms with E-state index in [9.17, 15) is 4.79 Å². The third-order valence-corrected chi connectivity index (χ3v) is 3.80. The highest BCUT2D eigenvalue weighted by Crippen LogP contribution is 2.23. The average Bonchev–Trinajstić information content (AvgIpc) is 3.23. The number of rotatable bonds is 3. The van der Waals surface area contributed by atoms with Crippen molar-refractivity contribution >= 4 is 35.3 Å². The maximum absolute atomic E-state index is 12.3. The molecule has 0 aliphatic rings. The molecule has 10 heteroatoms. The van der Waals surface area contributed by atoms with E-state index in [4.69, 9.17) is 30.6 Å². The van der Waals surface area contributed by atoms with Crippen LogP contribution in [0.4, 0.5) is 0 Å². The number of pyridine rings is 1. The first kappa shape index (κ1) is 15.6. The number of aromatic nitrogens is 3. The van der Waals surface area contributed by atoms with Crippen LogP contribution in [0.1, 0.15) is 0 Å². The summed E-state index contributed by atoms with van der Waals surface area (Å²) in [6.07, 6.45) is 0. The molecule has 124 valence electrons. The minimum atomic E-state index is -1.74. The zero-order chi connectivity index (χ0) is 17.6. The molecule has 25 heavy (non-hydrogen) atoms. The quantitative estimate of drug-likeness (QED) is 0.470. The lowest BCUT2D eigenvalue weighted by atomic mass is 9.88. The first-order chi connectivity index (χ1) is 12.0. The number of halogens is 1. The van der Waals surface area contributed by atoms with E-state index in [1.807, 2.05) is 0 Å². The van der Waals surface area contributed by atoms with Gasteiger partial charge < -0.3 is 24.0 Å². The Kier molecular flexibility index (Phi) is 3.68. The number of H-pyrrole nitrogens is 1. The Bertz CT molecular complexity index is 1130. The van der Waals surface area contributed by atoms with E-state index in [-0.39, 0.29) is 28.7 Å². The third-order valence-electron chi connectivity index (χ3n) is 3.56. The summed E-state index contributed by atoms with van der Waals surface area (Å²) < 4.78 is 10.3. The molecule has 0 bridgehead atoms. The second-order valence-electron chi connectivity index (χ2n) is 5.24. The lowest BCUT2D eigenvalue weighted by molar-refractivity contribution is 0.409. The molecule has 0 unspecified atom stereocenters. The van der Waals surface area contributed by atoms with Crippen LogP contribution in [-0.2, 0) is 0 Å². The maximum atomic E-state index is 12.3. The highest BCUT2D eigenvalue weighted by Gasteiger charge is 2.20. The fraction of sp³-hybridized carbons (Fsp3) is 0. The smallest absolute Gasteiger partial charge is 0.461 e. The third kappa shape index (κ3) is 2.84. The maximum Gasteiger partial charge on any atom is 0.526 e. The summed E-state index contributed by atoms with van der Waals surface area (Å²) >= 11 is 5.97. The van der Waals surface area contributed by atoms with Crippen molar-refractivity contribution in [1.82, 2.24) is 15.1 Å². The van der Waals surface area contributed by atoms with Gasteiger partial charge in [0.15, 0.2) is 5.76 Å². The number of aromatic amines is 1. The van der Waals surface area contributed by atoms with Crippen molar-refractivity contribution in [3.63, 3.8) is 0 Å². The van der Waals surface area contributed by atoms with Crippen LogP contribution in [0.2, 0.25) is 5.02 Å². The number of furan rings is 1. The van der Waals surface area contributed by atoms with Crippen molar-refractivity contribution in [3.8, 4) is 23.0 Å². The van der Waals surface area contributed by atoms with Gasteiger partial charge >= 0.3 is 7.12 Å². The molecule has 0 saturated heterocycles. The summed E-state index contributed by atoms with van der Waals surface area (Å²) in [4.78, 5) is 19.1. The zero-order valence-corrected chi connectivity index (χ0v) is 13.2. The Morgan fingerprint density at radius 2 is 2.00 bits per heavy atom. The van der Waals surface area contributed by atoms with Gasteiger partial charge in [-0.15, -0.1) is 0 Å². The van der Waals surface area contributed by atoms with Gasteiger partial charge in [-0.1, -0.05) is 16.8 Å². The van der Waals surface area contributed by atoms with Crippen LogP contribution in [-0.4, -0.2) is 32.3 Å². The molecule has 4 aromatic rings. The van der Waals surface area contributed by atoms with Crippen molar-refractivity contribution in [1.29, 1.82) is 0 Å². The lowest BCUT2D eigenvalue weighted by Crippen LogP contribution is -2.27. The number of hydrogen-bond donors (Lipinski definition) is 3. The molecule has 0 fully saturated rings. The molecular weight excluding hydrogens is 348 g/mol. The molecule has 1 aromatic carbocycles. The predicted octanol–water partition coefficient (Wildman–Crippen LogP) is 1.17. The minimum absolute atomic E-state index is 0.000576. The molecule has 0 amide bonds. The van der Waals surface area contributed by atoms with Gasteiger partial charge in [0.2, 0.25) is 5.82 Å². The van der Waals surface area contributed by atoms with Gasteiger partial charge in [0, 0.05) is 15.9 Å². The van der Waals surface area contributed by atoms with E-state index in [2.05, 4.69) is 15.1 Å². The fourth-order valence-electron chi connectivity index (χ4n) is 2.38. The molecule has 0 radical (unpaired) electrons. The van der Waals surface area contributed by atoms with Crippen molar-refractivity contribution < 1.29 is 19.0 Å². The molecule has 0 spiro atoms. The van der Waals surface area contributed by atoms with Gasteiger partial charge in [-0.3, -0.25) is 4.79 Å². The summed E-state index contributed by atoms with van der Waals surface area (Å²) in [5.41, 5.74) is 0.364. The van der Waals surface area contributed by atoms with Crippen LogP contribution in [0, 0.1) is 0 Å². The molecule has 0 saturated carbocycles. The molecule has 3 N–H and O–H groups in total. The highest BCUT2D eigenvalue weighted by molar-refractivity contribution is 6.57. The van der Waals surface area contributed by atoms with Gasteiger partial charge in [0.25, 0.3) is 11.4 Å². The second kappa shape index (κ2) is 5.89. The summed E-state index contributed by atoms with van der Waals surface area (Å²) in [5, 5.41) is 23.1. The standard InChI is InChI=1S/C15H9BClN3O5/c17-8-1-2-10-7(5-8)6-9(14(21)18-10)15-19-13(20-25-15)11-3-4-12(24-11)16(22)23/h1-6,22-23H,(H,18,21). The molecule has 4 rings (SSSR count). The lowest BCUT2D eigenvalue weighted by Gasteiger charge is -2.00. The van der Waals surface area contributed by atoms with Crippen LogP contribution in [0.3, 0.4) is 0 Å². The van der Waals surface area contributed by atoms with Crippen LogP contribution < -0.4 is 11.2 Å². The molecule has 3 heterocycles. The van der Waals surface area contributed by atoms with E-state index in [0.29, 0.717) is 15.9 Å². The van der Waals surface area contributed by atoms with Crippen LogP contribution in [0.15, 0.2) is 50.1 Å². The molecular formula is C15H9BClN3O5. The van der Waals surface area contributed by atoms with Gasteiger partial charge in [-0.25, -0.2) is 0 Å². The Balaban J connectivity index is 1.77. The normalized spacial score (nSPS) is 11.2. The first-order valence-electron chi connectivity index (χ1n) is 7.14. The molecule has 0 aliphatic heterocycles. The topological polar surface area (TPSA) is 125 Å². The van der Waals surface area contributed by atoms with Crippen LogP contribution in [0.25, 0.3) is 33.9 Å². The van der Waals surface area contributed by atoms with Crippen LogP contribution >= 0.6 is 11.6 Å². The summed E-state index contributed by atoms with van der Waals surface area (Å²) in [7, 11) is -1.74. The van der Waals surface area contributed by atoms with Crippen molar-refractivity contribution in [2.24, 2.45) is 0 Å². The SMILES string of the molecule is O=c1[nH]c2ccc(Cl)cc2cc1-c1nc(-c2ccc(B(O)O)o2)no1. The van der Waals surface area contributed by atoms with Crippen molar-refractivity contribution in [2.75, 3.05) is 0 Å². The first-order valence-corrected chi connectivity index (χ1v) is 7.52. The van der Waals surface area contributed by atoms with Crippen molar-refractivity contribution in [3.05, 3.63) is 51.8 Å². The molecule has 3 aromatic heterocycles. The summed E-state index contributed by atoms with van der Waals surface area (Å²) in [6.45, 7) is 0. The van der Waals surface area contributed by atoms with Gasteiger partial charge in [0.05, 0.1) is 0 Å². The number of fused-ring (bicyclic) bond motifs is 1. The predicted molar refractivity (Wildman–Crippen MR) is 90.4 cm³/mol. The second-order valence-corrected chi connectivity index (χ2v) is 5.68. The van der Waals surface area contributed by atoms with E-state index in [1.165, 1.54) is 12.1 Å². The number of benzene rings is 1. The van der Waals surface area contributed by atoms with Gasteiger partial charge in [0.1, 0.15) is 11.2 Å². The largest absolute Gasteiger partial charge is 0.526 e.